The Labute approximate surface area is 585 Å². The van der Waals surface area contributed by atoms with Gasteiger partial charge in [-0.25, -0.2) is 9.80 Å². The maximum Gasteiger partial charge on any atom is 0.258 e. The first-order chi connectivity index (χ1) is 49.6. The third-order valence-electron chi connectivity index (χ3n) is 16.1. The first-order valence-electron chi connectivity index (χ1n) is 30.8. The molecule has 0 saturated carbocycles. The molecule has 104 heavy (non-hydrogen) atoms. The van der Waals surface area contributed by atoms with Gasteiger partial charge in [0.1, 0.15) is 13.3 Å². The average Bonchev–Trinajstić information content (AvgIpc) is 1.68. The van der Waals surface area contributed by atoms with Crippen LogP contribution in [0.15, 0.2) is 206 Å². The second-order valence-electron chi connectivity index (χ2n) is 23.0. The van der Waals surface area contributed by atoms with Gasteiger partial charge in [0.15, 0.2) is 0 Å². The second-order valence-corrected chi connectivity index (χ2v) is 23.0. The van der Waals surface area contributed by atoms with Gasteiger partial charge in [-0.3, -0.25) is 150 Å². The van der Waals surface area contributed by atoms with Crippen molar-refractivity contribution in [2.75, 3.05) is 42.8 Å². The number of hydrogen-bond acceptors (Lipinski definition) is 22. The lowest BCUT2D eigenvalue weighted by molar-refractivity contribution is -0.148. The Hall–Kier alpha value is -14.7. The molecule has 11 aliphatic rings. The molecule has 0 aliphatic carbocycles. The van der Waals surface area contributed by atoms with E-state index in [2.05, 4.69) is 0 Å². The van der Waals surface area contributed by atoms with Crippen LogP contribution in [0.4, 0.5) is 11.4 Å². The van der Waals surface area contributed by atoms with Gasteiger partial charge in [-0.15, -0.1) is 0 Å². The van der Waals surface area contributed by atoms with Crippen LogP contribution in [0, 0.1) is 5.92 Å². The summed E-state index contributed by atoms with van der Waals surface area (Å²) in [6, 6.07) is 21.5. The maximum atomic E-state index is 11.8. The van der Waals surface area contributed by atoms with Gasteiger partial charge in [-0.05, 0) is 52.9 Å². The number of amides is 22. The number of benzene rings is 3. The zero-order chi connectivity index (χ0) is 74.8. The number of rotatable bonds is 18. The Morgan fingerprint density at radius 3 is 0.548 bits per heavy atom. The van der Waals surface area contributed by atoms with E-state index in [1.807, 2.05) is 24.3 Å². The molecule has 33 nitrogen and oxygen atoms in total. The molecule has 0 unspecified atom stereocenters. The van der Waals surface area contributed by atoms with Gasteiger partial charge >= 0.3 is 0 Å². The van der Waals surface area contributed by atoms with E-state index in [-0.39, 0.29) is 93.3 Å². The molecular weight excluding hydrogens is 1360 g/mol. The first-order valence-corrected chi connectivity index (χ1v) is 30.8. The highest BCUT2D eigenvalue weighted by Crippen LogP contribution is 2.25. The summed E-state index contributed by atoms with van der Waals surface area (Å²) < 4.78 is 0. The molecule has 0 N–H and O–H groups in total. The fraction of sp³-hybridized carbons (Fsp3) is 0.127. The van der Waals surface area contributed by atoms with Crippen LogP contribution in [0.1, 0.15) is 22.3 Å². The summed E-state index contributed by atoms with van der Waals surface area (Å²) >= 11 is 0. The number of carbonyl (C=O) groups is 22. The van der Waals surface area contributed by atoms with Crippen molar-refractivity contribution in [2.45, 2.75) is 19.5 Å². The van der Waals surface area contributed by atoms with Crippen LogP contribution in [0.3, 0.4) is 0 Å². The summed E-state index contributed by atoms with van der Waals surface area (Å²) in [5, 5.41) is 0. The van der Waals surface area contributed by atoms with Crippen molar-refractivity contribution in [3.8, 4) is 0 Å². The molecule has 0 fully saturated rings. The van der Waals surface area contributed by atoms with E-state index >= 15 is 0 Å². The number of imide groups is 11. The summed E-state index contributed by atoms with van der Waals surface area (Å²) in [4.78, 5) is 263. The summed E-state index contributed by atoms with van der Waals surface area (Å²) in [6.45, 7) is -0.622. The van der Waals surface area contributed by atoms with Gasteiger partial charge in [0.05, 0.1) is 24.5 Å². The molecule has 0 atom stereocenters. The van der Waals surface area contributed by atoms with Crippen LogP contribution in [0.2, 0.25) is 0 Å². The zero-order valence-electron chi connectivity index (χ0n) is 53.8. The van der Waals surface area contributed by atoms with Crippen molar-refractivity contribution in [3.63, 3.8) is 0 Å². The highest BCUT2D eigenvalue weighted by Gasteiger charge is 2.37. The topological polar surface area (TPSA) is 411 Å². The largest absolute Gasteiger partial charge is 0.275 e. The molecule has 0 spiro atoms. The average molecular weight is 1410 g/mol. The third-order valence-corrected chi connectivity index (χ3v) is 16.1. The highest BCUT2D eigenvalue weighted by atomic mass is 16.2. The van der Waals surface area contributed by atoms with Crippen molar-refractivity contribution < 1.29 is 105 Å². The van der Waals surface area contributed by atoms with Crippen LogP contribution >= 0.6 is 0 Å². The number of hydrogen-bond donors (Lipinski definition) is 0. The molecule has 0 bridgehead atoms. The molecule has 33 heteroatoms. The zero-order valence-corrected chi connectivity index (χ0v) is 53.8. The second kappa shape index (κ2) is 31.0. The monoisotopic (exact) mass is 1410 g/mol. The molecule has 522 valence electrons. The summed E-state index contributed by atoms with van der Waals surface area (Å²) in [5.41, 5.74) is 4.68. The van der Waals surface area contributed by atoms with E-state index in [1.165, 1.54) is 48.6 Å². The van der Waals surface area contributed by atoms with Crippen molar-refractivity contribution in [1.29, 1.82) is 0 Å². The smallest absolute Gasteiger partial charge is 0.258 e. The summed E-state index contributed by atoms with van der Waals surface area (Å²) in [7, 11) is 0. The van der Waals surface area contributed by atoms with Gasteiger partial charge < -0.3 is 0 Å². The summed E-state index contributed by atoms with van der Waals surface area (Å²) in [5.74, 6) is -10.6. The van der Waals surface area contributed by atoms with Crippen LogP contribution < -0.4 is 9.80 Å². The molecule has 22 amide bonds. The predicted octanol–water partition coefficient (Wildman–Crippen LogP) is -1.36. The Balaban J connectivity index is 0.000000142. The fourth-order valence-corrected chi connectivity index (χ4v) is 10.7. The molecule has 11 heterocycles. The molecule has 0 aromatic heterocycles. The highest BCUT2D eigenvalue weighted by molar-refractivity contribution is 6.29. The van der Waals surface area contributed by atoms with Gasteiger partial charge in [-0.1, -0.05) is 48.5 Å². The minimum Gasteiger partial charge on any atom is -0.275 e. The molecule has 3 aromatic carbocycles. The number of carbonyl (C=O) groups excluding carboxylic acids is 22. The van der Waals surface area contributed by atoms with E-state index in [1.54, 1.807) is 48.5 Å². The van der Waals surface area contributed by atoms with Crippen LogP contribution in [-0.4, -0.2) is 207 Å². The van der Waals surface area contributed by atoms with Crippen LogP contribution in [0.25, 0.3) is 0 Å². The Morgan fingerprint density at radius 2 is 0.346 bits per heavy atom. The van der Waals surface area contributed by atoms with Crippen LogP contribution in [0.5, 0.6) is 0 Å². The van der Waals surface area contributed by atoms with Gasteiger partial charge in [0, 0.05) is 159 Å². The van der Waals surface area contributed by atoms with Crippen molar-refractivity contribution in [2.24, 2.45) is 5.92 Å². The van der Waals surface area contributed by atoms with Crippen molar-refractivity contribution in [1.82, 2.24) is 44.1 Å². The molecule has 0 saturated heterocycles. The standard InChI is InChI=1S/C21H14N2O4.C16H13N3O6.C16H12N2O4.2C9H6N2O4/c24-18-9-10-19(25)22(18)16-5-1-14(2-6-16)13-15-3-7-17(8-4-15)23-20(26)11-12-21(23)27;20-11-1-2-12(21)17(11)7-10(8-18-13(22)3-4-14(18)23)9-19-15(24)5-6-16(19)25;19-13-5-6-14(20)17(13)9-11-1-2-12(4-3-11)10-18-15(21)7-8-16(18)22;2*12-6-1-2-7(13)10(6)5-11-8(14)3-4-9(11)15/h1-12H,13H2;1-6,10H,7-9H2;1-8H,9-10H2;2*1-4H,5H2. The van der Waals surface area contributed by atoms with E-state index in [9.17, 15) is 105 Å². The van der Waals surface area contributed by atoms with E-state index in [0.717, 1.165) is 161 Å². The Kier molecular flexibility index (Phi) is 21.5. The Morgan fingerprint density at radius 1 is 0.183 bits per heavy atom. The normalized spacial score (nSPS) is 18.4. The first kappa shape index (κ1) is 72.1. The van der Waals surface area contributed by atoms with Crippen LogP contribution in [-0.2, 0) is 125 Å². The van der Waals surface area contributed by atoms with Crippen molar-refractivity contribution in [3.05, 3.63) is 229 Å². The molecule has 14 rings (SSSR count). The number of anilines is 2. The Bertz CT molecular complexity index is 4150. The van der Waals surface area contributed by atoms with E-state index in [0.29, 0.717) is 17.8 Å². The minimum absolute atomic E-state index is 0.126. The lowest BCUT2D eigenvalue weighted by atomic mass is 10.0. The van der Waals surface area contributed by atoms with E-state index in [4.69, 9.17) is 0 Å². The van der Waals surface area contributed by atoms with Gasteiger partial charge in [0.2, 0.25) is 0 Å². The van der Waals surface area contributed by atoms with E-state index < -0.39 is 88.6 Å². The predicted molar refractivity (Wildman–Crippen MR) is 350 cm³/mol. The minimum atomic E-state index is -0.659. The SMILES string of the molecule is O=C1C=CC(=O)N1CC(CN1C(=O)C=CC1=O)CN1C(=O)C=CC1=O.O=C1C=CC(=O)N1CN1C(=O)C=CC1=O.O=C1C=CC(=O)N1CN1C(=O)C=CC1=O.O=C1C=CC(=O)N1Cc1ccc(CN2C(=O)C=CC2=O)cc1.O=C1C=CC(=O)N1c1ccc(Cc2ccc(N3C(=O)C=CC3=O)cc2)cc1. The quantitative estimate of drug-likeness (QED) is 0.133. The maximum absolute atomic E-state index is 11.8. The van der Waals surface area contributed by atoms with Crippen molar-refractivity contribution >= 4 is 141 Å². The van der Waals surface area contributed by atoms with Gasteiger partial charge in [0.25, 0.3) is 130 Å². The molecular formula is C71H51N11O22. The molecule has 0 radical (unpaired) electrons. The molecule has 3 aromatic rings. The number of nitrogens with zero attached hydrogens (tertiary/aromatic N) is 11. The summed E-state index contributed by atoms with van der Waals surface area (Å²) in [6.07, 6.45) is 26.1. The lowest BCUT2D eigenvalue weighted by Crippen LogP contribution is -2.47. The fourth-order valence-electron chi connectivity index (χ4n) is 10.7. The lowest BCUT2D eigenvalue weighted by Gasteiger charge is -2.28. The third kappa shape index (κ3) is 16.6. The van der Waals surface area contributed by atoms with Gasteiger partial charge in [-0.2, -0.15) is 0 Å². The molecule has 11 aliphatic heterocycles.